The molecule has 0 aromatic heterocycles. The highest BCUT2D eigenvalue weighted by molar-refractivity contribution is 9.10. The van der Waals surface area contributed by atoms with Gasteiger partial charge in [0.1, 0.15) is 66.1 Å². The van der Waals surface area contributed by atoms with Gasteiger partial charge in [0.15, 0.2) is 17.2 Å². The number of halogens is 5. The van der Waals surface area contributed by atoms with E-state index in [1.807, 2.05) is 166 Å². The molecular formula is C87H115Br2Cl3O18. The number of esters is 4. The van der Waals surface area contributed by atoms with Crippen molar-refractivity contribution < 1.29 is 87.0 Å². The van der Waals surface area contributed by atoms with Crippen LogP contribution in [0.4, 0.5) is 0 Å². The van der Waals surface area contributed by atoms with Gasteiger partial charge >= 0.3 is 23.9 Å². The third-order valence-corrected chi connectivity index (χ3v) is 21.2. The summed E-state index contributed by atoms with van der Waals surface area (Å²) in [5.41, 5.74) is 4.93. The first-order valence-electron chi connectivity index (χ1n) is 37.8. The summed E-state index contributed by atoms with van der Waals surface area (Å²) in [5.74, 6) is 0.883. The summed E-state index contributed by atoms with van der Waals surface area (Å²) in [5, 5.41) is 41.2. The number of benzene rings is 6. The van der Waals surface area contributed by atoms with Crippen molar-refractivity contribution in [2.24, 2.45) is 33.5 Å². The van der Waals surface area contributed by atoms with Crippen LogP contribution < -0.4 is 14.2 Å². The Kier molecular flexibility index (Phi) is 35.5. The smallest absolute Gasteiger partial charge is 0.311 e. The van der Waals surface area contributed by atoms with Crippen LogP contribution >= 0.6 is 66.7 Å². The molecule has 23 heteroatoms. The van der Waals surface area contributed by atoms with Crippen molar-refractivity contribution in [1.29, 1.82) is 0 Å². The number of alkyl halides is 1. The Labute approximate surface area is 683 Å². The molecule has 3 fully saturated rings. The first-order valence-corrected chi connectivity index (χ1v) is 40.7. The minimum atomic E-state index is -1.42. The SMILES string of the molecule is CCOc1ccc(Cc2cc(Br)ccc2Cl)cc1.CCOc1ccc(Cc2cc(C3O[C@H](CC)[C@@H](C)[C@H](OC(=O)C(C)(C)C)[C@H]3OC(=O)C(C)(C)C)ccc2Cl)cc1.CCOc1ccc(Cc2cc(C3O[C@H](CO)[C@@H](O)[C@H](O)[C@H]3O)ccc2Cl)cc1.CC[C@H]1O[C@H](Br)[C@H](OC(=O)C(C)(C)C)[C@@H](OC(=O)C(C)(C)C)[C@@H]1C. The summed E-state index contributed by atoms with van der Waals surface area (Å²) in [7, 11) is 0. The van der Waals surface area contributed by atoms with Gasteiger partial charge in [-0.1, -0.05) is 155 Å². The minimum absolute atomic E-state index is 0.0725. The van der Waals surface area contributed by atoms with Gasteiger partial charge in [-0.25, -0.2) is 0 Å². The molecule has 0 radical (unpaired) electrons. The van der Waals surface area contributed by atoms with Crippen molar-refractivity contribution in [3.63, 3.8) is 0 Å². The van der Waals surface area contributed by atoms with E-state index in [4.69, 9.17) is 82.2 Å². The second-order valence-electron chi connectivity index (χ2n) is 32.1. The first-order chi connectivity index (χ1) is 51.6. The summed E-state index contributed by atoms with van der Waals surface area (Å²) in [6.07, 6.45) is -6.09. The normalized spacial score (nSPS) is 24.1. The van der Waals surface area contributed by atoms with E-state index >= 15 is 0 Å². The average Bonchev–Trinajstić information content (AvgIpc) is 0.779. The fourth-order valence-corrected chi connectivity index (χ4v) is 13.9. The van der Waals surface area contributed by atoms with E-state index in [9.17, 15) is 39.6 Å². The van der Waals surface area contributed by atoms with Gasteiger partial charge in [-0.05, 0) is 247 Å². The number of ether oxygens (including phenoxy) is 10. The Morgan fingerprint density at radius 3 is 1.08 bits per heavy atom. The highest BCUT2D eigenvalue weighted by atomic mass is 79.9. The maximum Gasteiger partial charge on any atom is 0.311 e. The summed E-state index contributed by atoms with van der Waals surface area (Å²) in [6.45, 7) is 37.0. The van der Waals surface area contributed by atoms with E-state index in [2.05, 4.69) is 50.1 Å². The molecule has 3 aliphatic heterocycles. The Morgan fingerprint density at radius 1 is 0.409 bits per heavy atom. The molecule has 110 heavy (non-hydrogen) atoms. The Morgan fingerprint density at radius 2 is 0.727 bits per heavy atom. The zero-order valence-corrected chi connectivity index (χ0v) is 72.5. The molecule has 0 spiro atoms. The van der Waals surface area contributed by atoms with Crippen molar-refractivity contribution in [1.82, 2.24) is 0 Å². The molecule has 0 saturated carbocycles. The highest BCUT2D eigenvalue weighted by Gasteiger charge is 2.52. The summed E-state index contributed by atoms with van der Waals surface area (Å²) < 4.78 is 59.4. The lowest BCUT2D eigenvalue weighted by Crippen LogP contribution is -2.56. The largest absolute Gasteiger partial charge is 0.494 e. The maximum atomic E-state index is 13.2. The zero-order valence-electron chi connectivity index (χ0n) is 67.0. The van der Waals surface area contributed by atoms with Crippen molar-refractivity contribution in [2.75, 3.05) is 26.4 Å². The monoisotopic (exact) mass is 1710 g/mol. The van der Waals surface area contributed by atoms with Crippen LogP contribution in [-0.2, 0) is 71.6 Å². The molecule has 18 nitrogen and oxygen atoms in total. The fourth-order valence-electron chi connectivity index (χ4n) is 12.2. The number of aliphatic hydroxyl groups excluding tert-OH is 4. The van der Waals surface area contributed by atoms with Crippen LogP contribution in [0.2, 0.25) is 15.1 Å². The second-order valence-corrected chi connectivity index (χ2v) is 35.1. The van der Waals surface area contributed by atoms with E-state index in [0.717, 1.165) is 73.0 Å². The summed E-state index contributed by atoms with van der Waals surface area (Å²) in [4.78, 5) is 51.0. The van der Waals surface area contributed by atoms with Gasteiger partial charge in [0.05, 0.1) is 60.3 Å². The highest BCUT2D eigenvalue weighted by Crippen LogP contribution is 2.44. The van der Waals surface area contributed by atoms with E-state index in [-0.39, 0.29) is 47.9 Å². The van der Waals surface area contributed by atoms with Crippen LogP contribution in [0.1, 0.15) is 201 Å². The molecule has 0 aliphatic carbocycles. The molecule has 6 aromatic carbocycles. The molecule has 15 atom stereocenters. The Bertz CT molecular complexity index is 3900. The molecule has 9 rings (SSSR count). The lowest BCUT2D eigenvalue weighted by molar-refractivity contribution is -0.233. The number of hydrogen-bond donors (Lipinski definition) is 4. The molecule has 606 valence electrons. The first kappa shape index (κ1) is 93.0. The lowest BCUT2D eigenvalue weighted by atomic mass is 9.83. The average molecular weight is 1720 g/mol. The number of rotatable bonds is 21. The van der Waals surface area contributed by atoms with Crippen LogP contribution in [0.15, 0.2) is 132 Å². The van der Waals surface area contributed by atoms with Crippen molar-refractivity contribution >= 4 is 90.5 Å². The van der Waals surface area contributed by atoms with E-state index in [1.54, 1.807) is 74.4 Å². The lowest BCUT2D eigenvalue weighted by Gasteiger charge is -2.46. The predicted molar refractivity (Wildman–Crippen MR) is 437 cm³/mol. The zero-order chi connectivity index (χ0) is 81.9. The van der Waals surface area contributed by atoms with Gasteiger partial charge in [0.25, 0.3) is 0 Å². The topological polar surface area (TPSA) is 241 Å². The van der Waals surface area contributed by atoms with Crippen LogP contribution in [-0.4, -0.2) is 137 Å². The second kappa shape index (κ2) is 42.0. The Hall–Kier alpha value is -5.85. The van der Waals surface area contributed by atoms with Crippen molar-refractivity contribution in [2.45, 2.75) is 242 Å². The predicted octanol–water partition coefficient (Wildman–Crippen LogP) is 18.7. The molecule has 2 unspecified atom stereocenters. The van der Waals surface area contributed by atoms with Crippen LogP contribution in [0, 0.1) is 33.5 Å². The van der Waals surface area contributed by atoms with Gasteiger partial charge in [0.2, 0.25) is 0 Å². The van der Waals surface area contributed by atoms with Crippen molar-refractivity contribution in [3.05, 3.63) is 191 Å². The third kappa shape index (κ3) is 26.6. The van der Waals surface area contributed by atoms with Crippen LogP contribution in [0.3, 0.4) is 0 Å². The quantitative estimate of drug-likeness (QED) is 0.0297. The van der Waals surface area contributed by atoms with Crippen LogP contribution in [0.25, 0.3) is 0 Å². The number of carbonyl (C=O) groups is 4. The fraction of sp³-hybridized carbons (Fsp3) is 0.540. The van der Waals surface area contributed by atoms with Crippen LogP contribution in [0.5, 0.6) is 17.2 Å². The number of hydrogen-bond acceptors (Lipinski definition) is 18. The molecule has 3 aliphatic rings. The summed E-state index contributed by atoms with van der Waals surface area (Å²) in [6, 6.07) is 40.7. The summed E-state index contributed by atoms with van der Waals surface area (Å²) >= 11 is 26.1. The number of aliphatic hydroxyl groups is 4. The van der Waals surface area contributed by atoms with E-state index in [0.29, 0.717) is 54.7 Å². The van der Waals surface area contributed by atoms with Crippen molar-refractivity contribution in [3.8, 4) is 17.2 Å². The molecule has 0 amide bonds. The third-order valence-electron chi connectivity index (χ3n) is 18.8. The standard InChI is InChI=1S/C33H45ClO6.C21H25ClO6.C18H31BrO5.C15H14BrClO/c1-10-26-20(3)27(39-30(35)32(4,5)6)29(40-31(36)33(7,8)9)28(38-26)22-14-17-25(34)23(19-22)18-21-12-15-24(16-13-21)37-11-2;1-2-27-15-6-3-12(4-7-15)9-14-10-13(5-8-16(14)22)21-20(26)19(25)18(24)17(11-23)28-21;1-9-11-10(2)12(23-15(20)17(3,4)5)13(14(19)22-11)24-16(21)18(6,7)8;1-2-18-14-6-3-11(4-7-14)9-12-10-13(16)5-8-15(12)17/h12-17,19-20,26-29H,10-11,18H2,1-9H3;3-8,10,17-21,23-26H,2,9,11H2,1H3;10-14H,9H2,1-8H3;3-8,10H,2,9H2,1H3/t20-,26-,27+,28?,29-;17-,18-,19+,20-,21?;10-,11-,12+,13-,14+;/m111./s1. The number of carbonyl (C=O) groups excluding carboxylic acids is 4. The molecule has 6 aromatic rings. The maximum absolute atomic E-state index is 13.2. The van der Waals surface area contributed by atoms with Gasteiger partial charge < -0.3 is 67.8 Å². The van der Waals surface area contributed by atoms with Gasteiger partial charge in [-0.3, -0.25) is 19.2 Å². The van der Waals surface area contributed by atoms with E-state index in [1.165, 1.54) is 5.56 Å². The van der Waals surface area contributed by atoms with Gasteiger partial charge in [-0.2, -0.15) is 0 Å². The molecule has 0 bridgehead atoms. The molecule has 3 heterocycles. The Balaban J connectivity index is 0.000000238. The van der Waals surface area contributed by atoms with E-state index < -0.39 is 94.3 Å². The molecule has 3 saturated heterocycles. The minimum Gasteiger partial charge on any atom is -0.494 e. The molecular weight excluding hydrogens is 1600 g/mol. The van der Waals surface area contributed by atoms with Gasteiger partial charge in [-0.15, -0.1) is 0 Å². The van der Waals surface area contributed by atoms with Gasteiger partial charge in [0, 0.05) is 31.4 Å². The molecule has 4 N–H and O–H groups in total.